The van der Waals surface area contributed by atoms with Crippen LogP contribution in [0.3, 0.4) is 0 Å². The molecule has 1 aromatic carbocycles. The van der Waals surface area contributed by atoms with E-state index in [4.69, 9.17) is 4.84 Å². The van der Waals surface area contributed by atoms with E-state index in [0.29, 0.717) is 13.1 Å². The molecule has 92 valence electrons. The highest BCUT2D eigenvalue weighted by Gasteiger charge is 2.10. The largest absolute Gasteiger partial charge is 0.364 e. The number of aryl methyl sites for hydroxylation is 1. The van der Waals surface area contributed by atoms with Gasteiger partial charge in [0.1, 0.15) is 0 Å². The maximum Gasteiger partial charge on any atom is 0.349 e. The Bertz CT molecular complexity index is 413. The lowest BCUT2D eigenvalue weighted by atomic mass is 10.0. The van der Waals surface area contributed by atoms with E-state index in [0.717, 1.165) is 0 Å². The fraction of sp³-hybridized carbons (Fsp3) is 0.357. The van der Waals surface area contributed by atoms with E-state index in [2.05, 4.69) is 26.5 Å². The number of benzene rings is 1. The third-order valence-corrected chi connectivity index (χ3v) is 2.80. The van der Waals surface area contributed by atoms with Crippen LogP contribution in [-0.4, -0.2) is 17.6 Å². The van der Waals surface area contributed by atoms with Gasteiger partial charge in [-0.05, 0) is 37.5 Å². The van der Waals surface area contributed by atoms with Gasteiger partial charge >= 0.3 is 5.97 Å². The van der Waals surface area contributed by atoms with E-state index >= 15 is 0 Å². The van der Waals surface area contributed by atoms with Crippen molar-refractivity contribution in [3.05, 3.63) is 47.5 Å². The average molecular weight is 233 g/mol. The molecule has 0 saturated heterocycles. The maximum atomic E-state index is 11.1. The van der Waals surface area contributed by atoms with E-state index in [1.807, 2.05) is 19.1 Å². The number of hydrogen-bond acceptors (Lipinski definition) is 3. The number of carbonyl (C=O) groups is 1. The topological polar surface area (TPSA) is 29.5 Å². The minimum absolute atomic E-state index is 0.419. The Morgan fingerprint density at radius 2 is 2.18 bits per heavy atom. The van der Waals surface area contributed by atoms with Crippen molar-refractivity contribution in [2.45, 2.75) is 27.3 Å². The molecule has 0 aliphatic carbocycles. The van der Waals surface area contributed by atoms with Crippen molar-refractivity contribution in [2.75, 3.05) is 6.54 Å². The van der Waals surface area contributed by atoms with Gasteiger partial charge in [-0.3, -0.25) is 0 Å². The smallest absolute Gasteiger partial charge is 0.349 e. The maximum absolute atomic E-state index is 11.1. The summed E-state index contributed by atoms with van der Waals surface area (Å²) in [6.45, 7) is 10.7. The van der Waals surface area contributed by atoms with Crippen molar-refractivity contribution >= 4 is 5.97 Å². The Labute approximate surface area is 103 Å². The van der Waals surface area contributed by atoms with Crippen molar-refractivity contribution in [3.8, 4) is 0 Å². The average Bonchev–Trinajstić information content (AvgIpc) is 2.33. The summed E-state index contributed by atoms with van der Waals surface area (Å²) < 4.78 is 0. The van der Waals surface area contributed by atoms with Crippen LogP contribution in [0, 0.1) is 13.8 Å². The molecule has 0 radical (unpaired) electrons. The van der Waals surface area contributed by atoms with E-state index in [1.54, 1.807) is 5.06 Å². The van der Waals surface area contributed by atoms with Crippen LogP contribution >= 0.6 is 0 Å². The second kappa shape index (κ2) is 6.21. The molecule has 0 amide bonds. The monoisotopic (exact) mass is 233 g/mol. The molecule has 0 saturated carbocycles. The van der Waals surface area contributed by atoms with E-state index in [9.17, 15) is 4.79 Å². The quantitative estimate of drug-likeness (QED) is 0.578. The second-order valence-corrected chi connectivity index (χ2v) is 3.93. The molecular weight excluding hydrogens is 214 g/mol. The molecule has 0 aromatic heterocycles. The van der Waals surface area contributed by atoms with E-state index in [-0.39, 0.29) is 0 Å². The molecular formula is C14H19NO2. The molecule has 0 fully saturated rings. The predicted octanol–water partition coefficient (Wildman–Crippen LogP) is 2.77. The summed E-state index contributed by atoms with van der Waals surface area (Å²) in [5.41, 5.74) is 3.65. The second-order valence-electron chi connectivity index (χ2n) is 3.93. The molecule has 0 aliphatic rings. The van der Waals surface area contributed by atoms with Crippen LogP contribution < -0.4 is 0 Å². The zero-order chi connectivity index (χ0) is 12.8. The molecule has 3 nitrogen and oxygen atoms in total. The van der Waals surface area contributed by atoms with Crippen molar-refractivity contribution in [3.63, 3.8) is 0 Å². The molecule has 0 heterocycles. The molecule has 0 aliphatic heterocycles. The van der Waals surface area contributed by atoms with Gasteiger partial charge in [-0.2, -0.15) is 0 Å². The molecule has 0 bridgehead atoms. The van der Waals surface area contributed by atoms with Crippen LogP contribution in [0.5, 0.6) is 0 Å². The van der Waals surface area contributed by atoms with Gasteiger partial charge in [-0.15, -0.1) is 5.06 Å². The normalized spacial score (nSPS) is 10.4. The highest BCUT2D eigenvalue weighted by molar-refractivity contribution is 5.80. The van der Waals surface area contributed by atoms with Crippen LogP contribution in [0.25, 0.3) is 0 Å². The highest BCUT2D eigenvalue weighted by Crippen LogP contribution is 2.15. The number of nitrogens with zero attached hydrogens (tertiary/aromatic N) is 1. The van der Waals surface area contributed by atoms with Crippen LogP contribution in [0.15, 0.2) is 30.9 Å². The van der Waals surface area contributed by atoms with Crippen molar-refractivity contribution in [1.29, 1.82) is 0 Å². The lowest BCUT2D eigenvalue weighted by Gasteiger charge is -2.20. The zero-order valence-electron chi connectivity index (χ0n) is 10.7. The first-order valence-corrected chi connectivity index (χ1v) is 5.72. The van der Waals surface area contributed by atoms with Crippen molar-refractivity contribution in [2.24, 2.45) is 0 Å². The summed E-state index contributed by atoms with van der Waals surface area (Å²) in [4.78, 5) is 16.3. The van der Waals surface area contributed by atoms with Crippen LogP contribution in [-0.2, 0) is 16.2 Å². The van der Waals surface area contributed by atoms with Gasteiger partial charge in [0.25, 0.3) is 0 Å². The van der Waals surface area contributed by atoms with Crippen LogP contribution in [0.4, 0.5) is 0 Å². The first kappa shape index (κ1) is 13.5. The van der Waals surface area contributed by atoms with Gasteiger partial charge in [0.05, 0.1) is 6.54 Å². The molecule has 0 spiro atoms. The molecule has 0 N–H and O–H groups in total. The Hall–Kier alpha value is -1.61. The highest BCUT2D eigenvalue weighted by atomic mass is 16.7. The fourth-order valence-corrected chi connectivity index (χ4v) is 1.55. The van der Waals surface area contributed by atoms with E-state index < -0.39 is 5.97 Å². The first-order chi connectivity index (χ1) is 8.08. The third-order valence-electron chi connectivity index (χ3n) is 2.80. The standard InChI is InChI=1S/C14H19NO2/c1-5-14(16)17-15(6-2)10-13-9-7-8-11(3)12(13)4/h5,7-9H,1,6,10H2,2-4H3. The molecule has 3 heteroatoms. The minimum atomic E-state index is -0.419. The lowest BCUT2D eigenvalue weighted by Crippen LogP contribution is -2.26. The summed E-state index contributed by atoms with van der Waals surface area (Å²) in [5.74, 6) is -0.419. The Morgan fingerprint density at radius 3 is 2.76 bits per heavy atom. The fourth-order valence-electron chi connectivity index (χ4n) is 1.55. The van der Waals surface area contributed by atoms with Crippen LogP contribution in [0.2, 0.25) is 0 Å². The summed E-state index contributed by atoms with van der Waals surface area (Å²) in [6, 6.07) is 6.14. The summed E-state index contributed by atoms with van der Waals surface area (Å²) in [5, 5.41) is 1.63. The summed E-state index contributed by atoms with van der Waals surface area (Å²) >= 11 is 0. The number of carbonyl (C=O) groups excluding carboxylic acids is 1. The van der Waals surface area contributed by atoms with Gasteiger partial charge in [0.15, 0.2) is 0 Å². The minimum Gasteiger partial charge on any atom is -0.364 e. The molecule has 1 rings (SSSR count). The van der Waals surface area contributed by atoms with E-state index in [1.165, 1.54) is 22.8 Å². The van der Waals surface area contributed by atoms with Crippen LogP contribution in [0.1, 0.15) is 23.6 Å². The molecule has 17 heavy (non-hydrogen) atoms. The van der Waals surface area contributed by atoms with Gasteiger partial charge in [0, 0.05) is 12.6 Å². The summed E-state index contributed by atoms with van der Waals surface area (Å²) in [7, 11) is 0. The third kappa shape index (κ3) is 3.71. The Kier molecular flexibility index (Phi) is 4.91. The lowest BCUT2D eigenvalue weighted by molar-refractivity contribution is -0.186. The first-order valence-electron chi connectivity index (χ1n) is 5.72. The van der Waals surface area contributed by atoms with Gasteiger partial charge in [-0.25, -0.2) is 4.79 Å². The zero-order valence-corrected chi connectivity index (χ0v) is 10.7. The number of hydrogen-bond donors (Lipinski definition) is 0. The van der Waals surface area contributed by atoms with Crippen molar-refractivity contribution < 1.29 is 9.63 Å². The SMILES string of the molecule is C=CC(=O)ON(CC)Cc1cccc(C)c1C. The van der Waals surface area contributed by atoms with Gasteiger partial charge < -0.3 is 4.84 Å². The molecule has 0 unspecified atom stereocenters. The number of hydroxylamine groups is 2. The van der Waals surface area contributed by atoms with Gasteiger partial charge in [-0.1, -0.05) is 24.8 Å². The Balaban J connectivity index is 2.77. The Morgan fingerprint density at radius 1 is 1.47 bits per heavy atom. The van der Waals surface area contributed by atoms with Crippen molar-refractivity contribution in [1.82, 2.24) is 5.06 Å². The predicted molar refractivity (Wildman–Crippen MR) is 68.3 cm³/mol. The molecule has 0 atom stereocenters. The summed E-state index contributed by atoms with van der Waals surface area (Å²) in [6.07, 6.45) is 1.17. The number of rotatable bonds is 5. The molecule has 1 aromatic rings. The van der Waals surface area contributed by atoms with Gasteiger partial charge in [0.2, 0.25) is 0 Å².